The summed E-state index contributed by atoms with van der Waals surface area (Å²) in [4.78, 5) is 0. The van der Waals surface area contributed by atoms with Crippen LogP contribution < -0.4 is 9.47 Å². The van der Waals surface area contributed by atoms with Gasteiger partial charge in [0.1, 0.15) is 12.4 Å². The van der Waals surface area contributed by atoms with Gasteiger partial charge in [0.25, 0.3) is 0 Å². The van der Waals surface area contributed by atoms with Gasteiger partial charge in [-0.1, -0.05) is 70.1 Å². The number of benzene rings is 2. The smallest absolute Gasteiger partial charge is 0.165 e. The van der Waals surface area contributed by atoms with Crippen LogP contribution >= 0.6 is 0 Å². The van der Waals surface area contributed by atoms with Gasteiger partial charge >= 0.3 is 0 Å². The summed E-state index contributed by atoms with van der Waals surface area (Å²) in [5.41, 5.74) is 1.76. The Kier molecular flexibility index (Phi) is 11.3. The average molecular weight is 417 g/mol. The van der Waals surface area contributed by atoms with E-state index in [-0.39, 0.29) is 11.9 Å². The molecule has 0 spiro atoms. The summed E-state index contributed by atoms with van der Waals surface area (Å²) >= 11 is 0. The third-order valence-corrected chi connectivity index (χ3v) is 5.26. The van der Waals surface area contributed by atoms with Gasteiger partial charge in [0.2, 0.25) is 0 Å². The van der Waals surface area contributed by atoms with Gasteiger partial charge in [-0.3, -0.25) is 0 Å². The van der Waals surface area contributed by atoms with Crippen LogP contribution in [0.15, 0.2) is 42.5 Å². The first kappa shape index (κ1) is 24.2. The van der Waals surface area contributed by atoms with Crippen molar-refractivity contribution in [2.75, 3.05) is 20.3 Å². The van der Waals surface area contributed by atoms with Crippen LogP contribution in [-0.4, -0.2) is 26.4 Å². The Morgan fingerprint density at radius 3 is 2.07 bits per heavy atom. The van der Waals surface area contributed by atoms with Crippen molar-refractivity contribution in [2.45, 2.75) is 71.3 Å². The first-order chi connectivity index (χ1) is 14.6. The number of methoxy groups -OCH3 is 1. The zero-order chi connectivity index (χ0) is 21.6. The topological polar surface area (TPSA) is 27.7 Å². The van der Waals surface area contributed by atoms with Gasteiger partial charge in [-0.25, -0.2) is 4.39 Å². The van der Waals surface area contributed by atoms with Crippen molar-refractivity contribution in [1.82, 2.24) is 0 Å². The molecule has 1 unspecified atom stereocenters. The fraction of sp³-hybridized carbons (Fsp3) is 0.538. The van der Waals surface area contributed by atoms with Crippen molar-refractivity contribution in [3.8, 4) is 22.6 Å². The number of ether oxygens (including phenoxy) is 3. The second-order valence-electron chi connectivity index (χ2n) is 7.85. The zero-order valence-corrected chi connectivity index (χ0v) is 18.8. The third-order valence-electron chi connectivity index (χ3n) is 5.26. The molecule has 2 aromatic rings. The van der Waals surface area contributed by atoms with E-state index in [0.29, 0.717) is 19.0 Å². The Morgan fingerprint density at radius 2 is 1.43 bits per heavy atom. The molecule has 2 aromatic carbocycles. The second-order valence-corrected chi connectivity index (χ2v) is 7.85. The summed E-state index contributed by atoms with van der Waals surface area (Å²) in [6.45, 7) is 5.25. The number of hydrogen-bond donors (Lipinski definition) is 0. The molecular weight excluding hydrogens is 379 g/mol. The maximum absolute atomic E-state index is 14.4. The molecule has 0 N–H and O–H groups in total. The molecule has 0 aromatic heterocycles. The van der Waals surface area contributed by atoms with E-state index in [2.05, 4.69) is 6.92 Å². The average Bonchev–Trinajstić information content (AvgIpc) is 2.77. The van der Waals surface area contributed by atoms with E-state index in [0.717, 1.165) is 29.7 Å². The lowest BCUT2D eigenvalue weighted by atomic mass is 10.1. The van der Waals surface area contributed by atoms with Crippen molar-refractivity contribution in [3.63, 3.8) is 0 Å². The van der Waals surface area contributed by atoms with E-state index >= 15 is 0 Å². The first-order valence-corrected chi connectivity index (χ1v) is 11.3. The van der Waals surface area contributed by atoms with Crippen LogP contribution in [0.4, 0.5) is 4.39 Å². The van der Waals surface area contributed by atoms with Crippen LogP contribution in [0, 0.1) is 5.82 Å². The molecule has 0 amide bonds. The van der Waals surface area contributed by atoms with Gasteiger partial charge < -0.3 is 14.2 Å². The number of halogens is 1. The van der Waals surface area contributed by atoms with Crippen LogP contribution in [0.2, 0.25) is 0 Å². The van der Waals surface area contributed by atoms with Crippen molar-refractivity contribution < 1.29 is 18.6 Å². The van der Waals surface area contributed by atoms with Gasteiger partial charge in [-0.15, -0.1) is 0 Å². The Labute approximate surface area is 181 Å². The first-order valence-electron chi connectivity index (χ1n) is 11.3. The van der Waals surface area contributed by atoms with Crippen molar-refractivity contribution in [1.29, 1.82) is 0 Å². The highest BCUT2D eigenvalue weighted by Crippen LogP contribution is 2.27. The molecule has 0 bridgehead atoms. The summed E-state index contributed by atoms with van der Waals surface area (Å²) in [6.07, 6.45) is 9.96. The molecule has 0 aliphatic carbocycles. The minimum atomic E-state index is -0.318. The van der Waals surface area contributed by atoms with Gasteiger partial charge in [0, 0.05) is 7.11 Å². The highest BCUT2D eigenvalue weighted by molar-refractivity contribution is 5.65. The molecule has 0 heterocycles. The maximum Gasteiger partial charge on any atom is 0.165 e. The lowest BCUT2D eigenvalue weighted by Crippen LogP contribution is -2.15. The molecule has 0 radical (unpaired) electrons. The van der Waals surface area contributed by atoms with E-state index < -0.39 is 0 Å². The van der Waals surface area contributed by atoms with E-state index in [9.17, 15) is 4.39 Å². The van der Waals surface area contributed by atoms with Gasteiger partial charge in [0.05, 0.1) is 12.7 Å². The molecule has 4 heteroatoms. The lowest BCUT2D eigenvalue weighted by Gasteiger charge is -2.12. The van der Waals surface area contributed by atoms with Gasteiger partial charge in [0.15, 0.2) is 11.6 Å². The van der Waals surface area contributed by atoms with Crippen molar-refractivity contribution in [2.24, 2.45) is 0 Å². The summed E-state index contributed by atoms with van der Waals surface area (Å²) in [5.74, 6) is 0.782. The number of unbranched alkanes of at least 4 members (excludes halogenated alkanes) is 7. The van der Waals surface area contributed by atoms with E-state index in [1.54, 1.807) is 13.2 Å². The SMILES string of the molecule is CCCCCCCCCCOc1ccc(-c2ccc(OCC(C)OC)cc2)cc1F. The fourth-order valence-electron chi connectivity index (χ4n) is 3.24. The van der Waals surface area contributed by atoms with Gasteiger partial charge in [-0.2, -0.15) is 0 Å². The Hall–Kier alpha value is -2.07. The Bertz CT molecular complexity index is 715. The third kappa shape index (κ3) is 8.74. The van der Waals surface area contributed by atoms with Crippen molar-refractivity contribution >= 4 is 0 Å². The second kappa shape index (κ2) is 14.0. The Balaban J connectivity index is 1.75. The predicted molar refractivity (Wildman–Crippen MR) is 122 cm³/mol. The van der Waals surface area contributed by atoms with Crippen LogP contribution in [0.1, 0.15) is 65.2 Å². The number of rotatable bonds is 15. The maximum atomic E-state index is 14.4. The number of hydrogen-bond acceptors (Lipinski definition) is 3. The Morgan fingerprint density at radius 1 is 0.800 bits per heavy atom. The molecule has 0 aliphatic heterocycles. The van der Waals surface area contributed by atoms with Crippen molar-refractivity contribution in [3.05, 3.63) is 48.3 Å². The van der Waals surface area contributed by atoms with E-state index in [1.807, 2.05) is 37.3 Å². The van der Waals surface area contributed by atoms with Crippen LogP contribution in [0.25, 0.3) is 11.1 Å². The molecule has 0 aliphatic rings. The molecule has 30 heavy (non-hydrogen) atoms. The van der Waals surface area contributed by atoms with Crippen LogP contribution in [0.5, 0.6) is 11.5 Å². The minimum Gasteiger partial charge on any atom is -0.491 e. The van der Waals surface area contributed by atoms with Gasteiger partial charge in [-0.05, 0) is 48.7 Å². The highest BCUT2D eigenvalue weighted by Gasteiger charge is 2.07. The molecule has 0 fully saturated rings. The summed E-state index contributed by atoms with van der Waals surface area (Å²) < 4.78 is 30.9. The van der Waals surface area contributed by atoms with Crippen LogP contribution in [0.3, 0.4) is 0 Å². The zero-order valence-electron chi connectivity index (χ0n) is 18.8. The summed E-state index contributed by atoms with van der Waals surface area (Å²) in [6, 6.07) is 12.8. The lowest BCUT2D eigenvalue weighted by molar-refractivity contribution is 0.0717. The fourth-order valence-corrected chi connectivity index (χ4v) is 3.24. The largest absolute Gasteiger partial charge is 0.491 e. The quantitative estimate of drug-likeness (QED) is 0.283. The normalized spacial score (nSPS) is 12.0. The molecular formula is C26H37FO3. The highest BCUT2D eigenvalue weighted by atomic mass is 19.1. The van der Waals surface area contributed by atoms with E-state index in [1.165, 1.54) is 44.6 Å². The molecule has 2 rings (SSSR count). The predicted octanol–water partition coefficient (Wildman–Crippen LogP) is 7.43. The van der Waals surface area contributed by atoms with Crippen LogP contribution in [-0.2, 0) is 4.74 Å². The molecule has 0 saturated carbocycles. The standard InChI is InChI=1S/C26H37FO3/c1-4-5-6-7-8-9-10-11-18-29-26-17-14-23(19-25(26)27)22-12-15-24(16-13-22)30-20-21(2)28-3/h12-17,19,21H,4-11,18,20H2,1-3H3. The van der Waals surface area contributed by atoms with E-state index in [4.69, 9.17) is 14.2 Å². The monoisotopic (exact) mass is 416 g/mol. The molecule has 3 nitrogen and oxygen atoms in total. The summed E-state index contributed by atoms with van der Waals surface area (Å²) in [7, 11) is 1.66. The minimum absolute atomic E-state index is 0.0390. The summed E-state index contributed by atoms with van der Waals surface area (Å²) in [5, 5.41) is 0. The molecule has 1 atom stereocenters. The molecule has 0 saturated heterocycles. The molecule has 166 valence electrons.